The van der Waals surface area contributed by atoms with Gasteiger partial charge < -0.3 is 40.3 Å². The predicted octanol–water partition coefficient (Wildman–Crippen LogP) is 18.6. The van der Waals surface area contributed by atoms with Crippen molar-refractivity contribution in [2.24, 2.45) is 0 Å². The normalized spacial score (nSPS) is 18.7. The molecule has 1 saturated heterocycles. The van der Waals surface area contributed by atoms with Gasteiger partial charge in [0.1, 0.15) is 24.4 Å². The lowest BCUT2D eigenvalue weighted by atomic mass is 9.99. The summed E-state index contributed by atoms with van der Waals surface area (Å²) in [6.07, 6.45) is 72.6. The molecule has 9 heteroatoms. The maximum Gasteiger partial charge on any atom is 0.220 e. The van der Waals surface area contributed by atoms with E-state index in [9.17, 15) is 30.3 Å². The standard InChI is InChI=1S/C70H133NO8/c1-3-5-7-9-11-13-15-17-19-21-23-25-27-28-29-30-31-32-33-34-35-36-37-38-40-42-44-46-48-50-52-54-56-58-60-66(74)71-63(62-78-70-69(77)68(76)67(75)65(61-72)79-70)64(73)59-57-55-53-51-49-47-45-43-41-39-26-24-22-20-18-16-14-12-10-8-6-4-2/h41,43,49,51,57,59,63-65,67-70,72-73,75-77H,3-40,42,44-48,50,52-56,58,60-62H2,1-2H3,(H,71,74)/b43-41+,51-49+,59-57+. The molecule has 1 aliphatic heterocycles. The number of ether oxygens (including phenoxy) is 2. The quantitative estimate of drug-likeness (QED) is 0.0261. The van der Waals surface area contributed by atoms with E-state index >= 15 is 0 Å². The zero-order valence-corrected chi connectivity index (χ0v) is 52.2. The van der Waals surface area contributed by atoms with Gasteiger partial charge in [0, 0.05) is 6.42 Å². The number of hydrogen-bond acceptors (Lipinski definition) is 8. The molecule has 6 N–H and O–H groups in total. The van der Waals surface area contributed by atoms with E-state index in [-0.39, 0.29) is 12.5 Å². The number of carbonyl (C=O) groups excluding carboxylic acids is 1. The average Bonchev–Trinajstić information content (AvgIpc) is 3.47. The highest BCUT2D eigenvalue weighted by Crippen LogP contribution is 2.23. The van der Waals surface area contributed by atoms with Crippen molar-refractivity contribution in [3.05, 3.63) is 36.5 Å². The van der Waals surface area contributed by atoms with E-state index in [1.165, 1.54) is 283 Å². The Bertz CT molecular complexity index is 1340. The highest BCUT2D eigenvalue weighted by atomic mass is 16.7. The van der Waals surface area contributed by atoms with E-state index in [0.717, 1.165) is 44.9 Å². The molecule has 0 aromatic carbocycles. The lowest BCUT2D eigenvalue weighted by Gasteiger charge is -2.40. The van der Waals surface area contributed by atoms with Gasteiger partial charge in [0.2, 0.25) is 5.91 Å². The summed E-state index contributed by atoms with van der Waals surface area (Å²) in [7, 11) is 0. The first-order chi connectivity index (χ1) is 38.8. The third-order valence-electron chi connectivity index (χ3n) is 16.7. The molecule has 1 aliphatic rings. The van der Waals surface area contributed by atoms with Crippen molar-refractivity contribution >= 4 is 5.91 Å². The summed E-state index contributed by atoms with van der Waals surface area (Å²) >= 11 is 0. The number of unbranched alkanes of at least 4 members (excludes halogenated alkanes) is 47. The molecule has 466 valence electrons. The fraction of sp³-hybridized carbons (Fsp3) is 0.900. The fourth-order valence-corrected chi connectivity index (χ4v) is 11.3. The van der Waals surface area contributed by atoms with Crippen molar-refractivity contribution in [1.82, 2.24) is 5.32 Å². The van der Waals surface area contributed by atoms with Gasteiger partial charge in [0.15, 0.2) is 6.29 Å². The van der Waals surface area contributed by atoms with Gasteiger partial charge >= 0.3 is 0 Å². The molecule has 1 heterocycles. The number of rotatable bonds is 61. The van der Waals surface area contributed by atoms with Gasteiger partial charge in [0.25, 0.3) is 0 Å². The van der Waals surface area contributed by atoms with Crippen LogP contribution in [0.5, 0.6) is 0 Å². The highest BCUT2D eigenvalue weighted by molar-refractivity contribution is 5.76. The number of hydrogen-bond donors (Lipinski definition) is 6. The molecule has 7 atom stereocenters. The van der Waals surface area contributed by atoms with E-state index < -0.39 is 49.5 Å². The van der Waals surface area contributed by atoms with Crippen molar-refractivity contribution < 1.29 is 39.8 Å². The molecule has 79 heavy (non-hydrogen) atoms. The van der Waals surface area contributed by atoms with Gasteiger partial charge in [-0.15, -0.1) is 0 Å². The maximum atomic E-state index is 13.1. The van der Waals surface area contributed by atoms with Gasteiger partial charge in [-0.3, -0.25) is 4.79 Å². The molecule has 0 aromatic heterocycles. The summed E-state index contributed by atoms with van der Waals surface area (Å²) in [5.74, 6) is -0.184. The predicted molar refractivity (Wildman–Crippen MR) is 337 cm³/mol. The summed E-state index contributed by atoms with van der Waals surface area (Å²) in [5.41, 5.74) is 0. The number of aliphatic hydroxyl groups excluding tert-OH is 5. The fourth-order valence-electron chi connectivity index (χ4n) is 11.3. The molecule has 1 amide bonds. The number of amides is 1. The van der Waals surface area contributed by atoms with Crippen molar-refractivity contribution in [3.63, 3.8) is 0 Å². The second-order valence-electron chi connectivity index (χ2n) is 24.3. The Morgan fingerprint density at radius 3 is 1.06 bits per heavy atom. The van der Waals surface area contributed by atoms with Gasteiger partial charge in [-0.2, -0.15) is 0 Å². The number of allylic oxidation sites excluding steroid dienone is 5. The first kappa shape index (κ1) is 75.4. The van der Waals surface area contributed by atoms with E-state index in [1.807, 2.05) is 6.08 Å². The maximum absolute atomic E-state index is 13.1. The van der Waals surface area contributed by atoms with Gasteiger partial charge in [0.05, 0.1) is 25.4 Å². The number of nitrogens with one attached hydrogen (secondary N) is 1. The summed E-state index contributed by atoms with van der Waals surface area (Å²) in [4.78, 5) is 13.1. The van der Waals surface area contributed by atoms with Crippen LogP contribution in [-0.2, 0) is 14.3 Å². The van der Waals surface area contributed by atoms with Gasteiger partial charge in [-0.1, -0.05) is 333 Å². The molecular formula is C70H133NO8. The Hall–Kier alpha value is -1.59. The van der Waals surface area contributed by atoms with E-state index in [2.05, 4.69) is 43.5 Å². The molecule has 0 saturated carbocycles. The lowest BCUT2D eigenvalue weighted by Crippen LogP contribution is -2.60. The Kier molecular flexibility index (Phi) is 56.9. The van der Waals surface area contributed by atoms with Crippen molar-refractivity contribution in [2.75, 3.05) is 13.2 Å². The minimum absolute atomic E-state index is 0.184. The first-order valence-corrected chi connectivity index (χ1v) is 34.7. The molecule has 1 rings (SSSR count). The topological polar surface area (TPSA) is 149 Å². The van der Waals surface area contributed by atoms with E-state index in [1.54, 1.807) is 6.08 Å². The van der Waals surface area contributed by atoms with Crippen LogP contribution in [0.15, 0.2) is 36.5 Å². The summed E-state index contributed by atoms with van der Waals surface area (Å²) in [6, 6.07) is -0.827. The minimum atomic E-state index is -1.57. The van der Waals surface area contributed by atoms with Crippen LogP contribution in [0.4, 0.5) is 0 Å². The van der Waals surface area contributed by atoms with Crippen LogP contribution in [0.1, 0.15) is 348 Å². The van der Waals surface area contributed by atoms with Crippen molar-refractivity contribution in [1.29, 1.82) is 0 Å². The van der Waals surface area contributed by atoms with Crippen LogP contribution in [-0.4, -0.2) is 87.5 Å². The third kappa shape index (κ3) is 48.5. The van der Waals surface area contributed by atoms with Crippen molar-refractivity contribution in [2.45, 2.75) is 391 Å². The number of carbonyl (C=O) groups is 1. The Morgan fingerprint density at radius 1 is 0.418 bits per heavy atom. The van der Waals surface area contributed by atoms with Crippen LogP contribution >= 0.6 is 0 Å². The van der Waals surface area contributed by atoms with Gasteiger partial charge in [-0.25, -0.2) is 0 Å². The number of aliphatic hydroxyl groups is 5. The Morgan fingerprint density at radius 2 is 0.722 bits per heavy atom. The monoisotopic (exact) mass is 1120 g/mol. The Labute approximate surface area is 489 Å². The molecule has 7 unspecified atom stereocenters. The van der Waals surface area contributed by atoms with Gasteiger partial charge in [-0.05, 0) is 44.9 Å². The zero-order valence-electron chi connectivity index (χ0n) is 52.2. The smallest absolute Gasteiger partial charge is 0.220 e. The minimum Gasteiger partial charge on any atom is -0.394 e. The second-order valence-corrected chi connectivity index (χ2v) is 24.3. The average molecular weight is 1120 g/mol. The third-order valence-corrected chi connectivity index (χ3v) is 16.7. The molecule has 1 fully saturated rings. The molecule has 9 nitrogen and oxygen atoms in total. The van der Waals surface area contributed by atoms with Crippen LogP contribution in [0.2, 0.25) is 0 Å². The second kappa shape index (κ2) is 59.6. The molecule has 0 spiro atoms. The van der Waals surface area contributed by atoms with Crippen LogP contribution in [0.3, 0.4) is 0 Å². The van der Waals surface area contributed by atoms with Crippen molar-refractivity contribution in [3.8, 4) is 0 Å². The highest BCUT2D eigenvalue weighted by Gasteiger charge is 2.44. The molecular weight excluding hydrogens is 983 g/mol. The van der Waals surface area contributed by atoms with E-state index in [0.29, 0.717) is 6.42 Å². The van der Waals surface area contributed by atoms with Crippen LogP contribution in [0, 0.1) is 0 Å². The molecule has 0 aliphatic carbocycles. The first-order valence-electron chi connectivity index (χ1n) is 34.7. The molecule has 0 bridgehead atoms. The summed E-state index contributed by atoms with van der Waals surface area (Å²) in [5, 5.41) is 54.7. The van der Waals surface area contributed by atoms with Crippen LogP contribution in [0.25, 0.3) is 0 Å². The SMILES string of the molecule is CCCCCCCCCCCCCC/C=C/CC/C=C/CC/C=C/C(O)C(COC1OC(CO)C(O)C(O)C1O)NC(=O)CCCCCCCCCCCCCCCCCCCCCCCCCCCCCCCCCCCC. The molecule has 0 radical (unpaired) electrons. The Balaban J connectivity index is 2.12. The van der Waals surface area contributed by atoms with Crippen LogP contribution < -0.4 is 5.32 Å². The lowest BCUT2D eigenvalue weighted by molar-refractivity contribution is -0.302. The molecule has 0 aromatic rings. The summed E-state index contributed by atoms with van der Waals surface area (Å²) in [6.45, 7) is 3.81. The largest absolute Gasteiger partial charge is 0.394 e. The zero-order chi connectivity index (χ0) is 57.2. The van der Waals surface area contributed by atoms with E-state index in [4.69, 9.17) is 9.47 Å². The summed E-state index contributed by atoms with van der Waals surface area (Å²) < 4.78 is 11.3.